The molecule has 0 aromatic heterocycles. The number of allylic oxidation sites excluding steroid dienone is 1. The van der Waals surface area contributed by atoms with Gasteiger partial charge in [-0.1, -0.05) is 0 Å². The minimum absolute atomic E-state index is 0. The molecule has 0 bridgehead atoms. The quantitative estimate of drug-likeness (QED) is 0.553. The van der Waals surface area contributed by atoms with Crippen LogP contribution >= 0.6 is 0 Å². The molecule has 70 valence electrons. The standard InChI is InChI=1S/C9H7.CO.BrH.Ni/c1-2-5-9-7-3-6-8(9)4-1;1-2;;/h1-7H;;1H;/q;;;+1/p-1. The number of halogens is 1. The summed E-state index contributed by atoms with van der Waals surface area (Å²) in [5.74, 6) is 0. The molecule has 0 fully saturated rings. The Morgan fingerprint density at radius 2 is 1.85 bits per heavy atom. The third-order valence-corrected chi connectivity index (χ3v) is 2.20. The first kappa shape index (κ1) is 12.6. The van der Waals surface area contributed by atoms with Crippen LogP contribution in [0, 0.1) is 0 Å². The molecule has 1 aromatic carbocycles. The van der Waals surface area contributed by atoms with E-state index >= 15 is 0 Å². The van der Waals surface area contributed by atoms with Crippen molar-refractivity contribution in [2.45, 2.75) is 4.89 Å². The zero-order chi connectivity index (χ0) is 8.97. The number of hydrogen-bond donors (Lipinski definition) is 0. The van der Waals surface area contributed by atoms with Gasteiger partial charge in [0.1, 0.15) is 0 Å². The predicted molar refractivity (Wildman–Crippen MR) is 43.9 cm³/mol. The van der Waals surface area contributed by atoms with Crippen molar-refractivity contribution in [3.8, 4) is 0 Å². The van der Waals surface area contributed by atoms with E-state index in [1.54, 1.807) is 0 Å². The predicted octanol–water partition coefficient (Wildman–Crippen LogP) is -1.09. The van der Waals surface area contributed by atoms with E-state index in [4.69, 9.17) is 20.3 Å². The molecule has 3 heteroatoms. The molecule has 1 unspecified atom stereocenters. The molecule has 0 spiro atoms. The van der Waals surface area contributed by atoms with E-state index in [9.17, 15) is 0 Å². The Bertz CT molecular complexity index is 299. The van der Waals surface area contributed by atoms with E-state index in [0.717, 1.165) is 0 Å². The van der Waals surface area contributed by atoms with Gasteiger partial charge in [-0.2, -0.15) is 0 Å². The molecular weight excluding hydrogens is 275 g/mol. The Balaban J connectivity index is 0.000000451. The fraction of sp³-hybridized carbons (Fsp3) is 0.100. The molecule has 0 saturated carbocycles. The van der Waals surface area contributed by atoms with Crippen molar-refractivity contribution in [1.29, 1.82) is 0 Å². The number of carbonyl (C=O) groups excluding carboxylic acids is 1. The fourth-order valence-corrected chi connectivity index (χ4v) is 1.54. The summed E-state index contributed by atoms with van der Waals surface area (Å²) in [6.45, 7) is 4.50. The molecule has 0 heterocycles. The molecule has 0 N–H and O–H groups in total. The van der Waals surface area contributed by atoms with Crippen molar-refractivity contribution in [1.82, 2.24) is 0 Å². The van der Waals surface area contributed by atoms with Crippen LogP contribution < -0.4 is 17.0 Å². The normalized spacial score (nSPS) is 16.6. The maximum absolute atomic E-state index is 7.50. The monoisotopic (exact) mass is 280 g/mol. The summed E-state index contributed by atoms with van der Waals surface area (Å²) in [5.41, 5.74) is 2.58. The summed E-state index contributed by atoms with van der Waals surface area (Å²) in [4.78, 5) is 7.75. The Labute approximate surface area is 96.4 Å². The summed E-state index contributed by atoms with van der Waals surface area (Å²) in [5, 5.41) is 0. The third-order valence-electron chi connectivity index (χ3n) is 1.71. The van der Waals surface area contributed by atoms with Crippen LogP contribution in [0.2, 0.25) is 0 Å². The number of fused-ring (bicyclic) bond motifs is 1. The van der Waals surface area contributed by atoms with Gasteiger partial charge in [-0.25, -0.2) is 0 Å². The van der Waals surface area contributed by atoms with Gasteiger partial charge < -0.3 is 17.0 Å². The molecule has 0 amide bonds. The zero-order valence-electron chi connectivity index (χ0n) is 6.64. The zero-order valence-corrected chi connectivity index (χ0v) is 9.22. The minimum atomic E-state index is 0. The van der Waals surface area contributed by atoms with Gasteiger partial charge in [0.2, 0.25) is 0 Å². The van der Waals surface area contributed by atoms with E-state index in [0.29, 0.717) is 0 Å². The molecule has 0 aliphatic heterocycles. The summed E-state index contributed by atoms with van der Waals surface area (Å²) in [6, 6.07) is 8.29. The average Bonchev–Trinajstić information content (AvgIpc) is 2.53. The van der Waals surface area contributed by atoms with Crippen molar-refractivity contribution in [3.05, 3.63) is 41.5 Å². The second kappa shape index (κ2) is 6.12. The Morgan fingerprint density at radius 1 is 1.23 bits per heavy atom. The molecule has 1 nitrogen and oxygen atoms in total. The van der Waals surface area contributed by atoms with Gasteiger partial charge in [0.15, 0.2) is 0 Å². The maximum atomic E-state index is 7.50. The number of benzene rings is 1. The summed E-state index contributed by atoms with van der Waals surface area (Å²) >= 11 is 4.88. The van der Waals surface area contributed by atoms with Crippen LogP contribution in [-0.2, 0) is 20.3 Å². The van der Waals surface area contributed by atoms with Gasteiger partial charge >= 0.3 is 67.9 Å². The number of rotatable bonds is 0. The van der Waals surface area contributed by atoms with Gasteiger partial charge in [0.25, 0.3) is 6.79 Å². The van der Waals surface area contributed by atoms with E-state index in [1.807, 2.05) is 12.1 Å². The van der Waals surface area contributed by atoms with E-state index in [-0.39, 0.29) is 21.9 Å². The van der Waals surface area contributed by atoms with Crippen molar-refractivity contribution in [2.24, 2.45) is 0 Å². The molecule has 1 atom stereocenters. The van der Waals surface area contributed by atoms with Gasteiger partial charge in [0, 0.05) is 0 Å². The summed E-state index contributed by atoms with van der Waals surface area (Å²) in [7, 11) is 0. The van der Waals surface area contributed by atoms with Crippen LogP contribution in [0.1, 0.15) is 16.0 Å². The van der Waals surface area contributed by atoms with Crippen LogP contribution in [0.3, 0.4) is 0 Å². The van der Waals surface area contributed by atoms with Crippen molar-refractivity contribution >= 4 is 12.9 Å². The van der Waals surface area contributed by atoms with Crippen LogP contribution in [0.25, 0.3) is 6.08 Å². The Hall–Kier alpha value is -0.396. The van der Waals surface area contributed by atoms with Gasteiger partial charge in [-0.15, -0.1) is 0 Å². The number of hydrogen-bond acceptors (Lipinski definition) is 1. The van der Waals surface area contributed by atoms with Crippen LogP contribution in [-0.4, -0.2) is 6.79 Å². The third kappa shape index (κ3) is 2.78. The summed E-state index contributed by atoms with van der Waals surface area (Å²) < 4.78 is 0. The average molecular weight is 282 g/mol. The molecule has 1 aromatic rings. The first-order chi connectivity index (χ1) is 5.88. The van der Waals surface area contributed by atoms with Gasteiger partial charge in [0.05, 0.1) is 0 Å². The first-order valence-corrected chi connectivity index (χ1v) is 4.03. The van der Waals surface area contributed by atoms with Crippen LogP contribution in [0.4, 0.5) is 0 Å². The molecular formula is C10H7BrNiO. The molecule has 1 aliphatic rings. The molecule has 0 saturated heterocycles. The Morgan fingerprint density at radius 3 is 2.46 bits per heavy atom. The van der Waals surface area contributed by atoms with Crippen LogP contribution in [0.5, 0.6) is 0 Å². The van der Waals surface area contributed by atoms with E-state index < -0.39 is 0 Å². The van der Waals surface area contributed by atoms with Crippen LogP contribution in [0.15, 0.2) is 30.3 Å². The van der Waals surface area contributed by atoms with E-state index in [1.165, 1.54) is 11.1 Å². The SMILES string of the molecule is [Br-].[C]=O.[Ni+][CH]1C=Cc2ccccc21. The first-order valence-electron chi connectivity index (χ1n) is 3.46. The molecule has 1 aliphatic carbocycles. The van der Waals surface area contributed by atoms with Gasteiger partial charge in [-0.05, 0) is 0 Å². The summed E-state index contributed by atoms with van der Waals surface area (Å²) in [6.07, 6.45) is 4.17. The topological polar surface area (TPSA) is 17.1 Å². The molecule has 2 radical (unpaired) electrons. The fourth-order valence-electron chi connectivity index (χ4n) is 1.18. The molecule has 2 rings (SSSR count). The van der Waals surface area contributed by atoms with E-state index in [2.05, 4.69) is 31.1 Å². The van der Waals surface area contributed by atoms with Gasteiger partial charge in [-0.3, -0.25) is 4.79 Å². The van der Waals surface area contributed by atoms with Crippen molar-refractivity contribution in [3.63, 3.8) is 0 Å². The second-order valence-corrected chi connectivity index (χ2v) is 2.97. The second-order valence-electron chi connectivity index (χ2n) is 2.35. The molecule has 13 heavy (non-hydrogen) atoms. The van der Waals surface area contributed by atoms with Crippen molar-refractivity contribution < 1.29 is 37.2 Å². The Kier molecular flexibility index (Phi) is 5.93. The van der Waals surface area contributed by atoms with Crippen molar-refractivity contribution in [2.75, 3.05) is 0 Å².